The summed E-state index contributed by atoms with van der Waals surface area (Å²) in [5, 5.41) is 7.75. The largest absolute Gasteiger partial charge is 0.342 e. The highest BCUT2D eigenvalue weighted by Gasteiger charge is 2.46. The highest BCUT2D eigenvalue weighted by atomic mass is 16.1. The molecular weight excluding hydrogens is 450 g/mol. The fourth-order valence-corrected chi connectivity index (χ4v) is 5.83. The van der Waals surface area contributed by atoms with Crippen molar-refractivity contribution in [1.29, 1.82) is 0 Å². The zero-order chi connectivity index (χ0) is 25.0. The van der Waals surface area contributed by atoms with Gasteiger partial charge in [-0.25, -0.2) is 0 Å². The molecule has 0 saturated carbocycles. The molecule has 3 aromatic heterocycles. The Labute approximate surface area is 209 Å². The predicted octanol–water partition coefficient (Wildman–Crippen LogP) is 4.07. The van der Waals surface area contributed by atoms with E-state index in [0.717, 1.165) is 38.0 Å². The van der Waals surface area contributed by atoms with Crippen LogP contribution >= 0.6 is 0 Å². The molecule has 1 aliphatic heterocycles. The Balaban J connectivity index is 1.25. The maximum absolute atomic E-state index is 13.2. The summed E-state index contributed by atoms with van der Waals surface area (Å²) in [6, 6.07) is 14.4. The van der Waals surface area contributed by atoms with Gasteiger partial charge < -0.3 is 10.6 Å². The average Bonchev–Trinajstić information content (AvgIpc) is 3.44. The van der Waals surface area contributed by atoms with E-state index in [1.807, 2.05) is 18.2 Å². The van der Waals surface area contributed by atoms with Gasteiger partial charge in [0.2, 0.25) is 5.95 Å². The second-order valence-electron chi connectivity index (χ2n) is 10.5. The van der Waals surface area contributed by atoms with Crippen LogP contribution in [0, 0.1) is 5.41 Å². The number of hydrogen-bond donors (Lipinski definition) is 3. The molecule has 1 saturated heterocycles. The number of rotatable bonds is 4. The van der Waals surface area contributed by atoms with Crippen LogP contribution in [-0.2, 0) is 6.42 Å². The van der Waals surface area contributed by atoms with Gasteiger partial charge in [-0.2, -0.15) is 10.1 Å². The lowest BCUT2D eigenvalue weighted by molar-refractivity contribution is 0.187. The first-order valence-corrected chi connectivity index (χ1v) is 12.6. The molecule has 0 bridgehead atoms. The summed E-state index contributed by atoms with van der Waals surface area (Å²) in [5.74, 6) is 0.852. The fraction of sp³-hybridized carbons (Fsp3) is 0.357. The number of H-pyrrole nitrogens is 2. The molecule has 0 unspecified atom stereocenters. The van der Waals surface area contributed by atoms with Gasteiger partial charge in [-0.1, -0.05) is 50.8 Å². The maximum atomic E-state index is 13.2. The quantitative estimate of drug-likeness (QED) is 0.405. The molecule has 1 aromatic carbocycles. The molecule has 0 radical (unpaired) electrons. The summed E-state index contributed by atoms with van der Waals surface area (Å²) in [6.45, 7) is 9.95. The van der Waals surface area contributed by atoms with Crippen molar-refractivity contribution in [2.24, 2.45) is 11.1 Å². The lowest BCUT2D eigenvalue weighted by atomic mass is 9.73. The lowest BCUT2D eigenvalue weighted by Crippen LogP contribution is -2.45. The van der Waals surface area contributed by atoms with E-state index in [-0.39, 0.29) is 22.9 Å². The number of hydrogen-bond acceptors (Lipinski definition) is 6. The molecule has 1 fully saturated rings. The second-order valence-corrected chi connectivity index (χ2v) is 10.5. The van der Waals surface area contributed by atoms with Gasteiger partial charge in [0, 0.05) is 30.4 Å². The number of nitrogens with two attached hydrogens (primary N) is 1. The van der Waals surface area contributed by atoms with Crippen molar-refractivity contribution >= 4 is 22.6 Å². The number of fused-ring (bicyclic) bond motifs is 2. The molecule has 8 nitrogen and oxygen atoms in total. The number of piperidine rings is 1. The summed E-state index contributed by atoms with van der Waals surface area (Å²) in [5.41, 5.74) is 12.4. The summed E-state index contributed by atoms with van der Waals surface area (Å²) in [4.78, 5) is 27.8. The van der Waals surface area contributed by atoms with Crippen LogP contribution in [0.2, 0.25) is 0 Å². The Morgan fingerprint density at radius 2 is 1.92 bits per heavy atom. The van der Waals surface area contributed by atoms with Crippen molar-refractivity contribution in [3.05, 3.63) is 87.6 Å². The molecular formula is C28H31N7O. The van der Waals surface area contributed by atoms with Crippen LogP contribution in [-0.4, -0.2) is 38.2 Å². The van der Waals surface area contributed by atoms with Crippen molar-refractivity contribution < 1.29 is 0 Å². The highest BCUT2D eigenvalue weighted by Crippen LogP contribution is 2.50. The van der Waals surface area contributed by atoms with Crippen molar-refractivity contribution in [1.82, 2.24) is 25.1 Å². The van der Waals surface area contributed by atoms with E-state index in [4.69, 9.17) is 15.7 Å². The third-order valence-corrected chi connectivity index (χ3v) is 8.03. The number of aromatic nitrogens is 5. The Kier molecular flexibility index (Phi) is 5.30. The predicted molar refractivity (Wildman–Crippen MR) is 142 cm³/mol. The minimum Gasteiger partial charge on any atom is -0.342 e. The number of nitrogens with one attached hydrogen (secondary N) is 2. The smallest absolute Gasteiger partial charge is 0.264 e. The topological polar surface area (TPSA) is 117 Å². The van der Waals surface area contributed by atoms with Gasteiger partial charge in [0.1, 0.15) is 11.1 Å². The molecule has 36 heavy (non-hydrogen) atoms. The number of aromatic amines is 2. The average molecular weight is 482 g/mol. The standard InChI is InChI=1S/C28H31N7O/c1-16(2)20-9-6-10-21(30-20)17(3)23-22-25(34-33-23)31-27(32-26(22)36)35-13-11-28(12-14-35)15-18-7-4-5-8-19(18)24(28)29/h4-10,16,24H,3,11-15,29H2,1-2H3,(H2,31,32,33,34,36)/t24-/m1/s1. The van der Waals surface area contributed by atoms with E-state index >= 15 is 0 Å². The van der Waals surface area contributed by atoms with E-state index in [1.54, 1.807) is 0 Å². The van der Waals surface area contributed by atoms with Crippen LogP contribution in [0.4, 0.5) is 5.95 Å². The number of benzene rings is 1. The van der Waals surface area contributed by atoms with Crippen LogP contribution < -0.4 is 16.2 Å². The Morgan fingerprint density at radius 3 is 2.67 bits per heavy atom. The van der Waals surface area contributed by atoms with Gasteiger partial charge in [0.25, 0.3) is 5.56 Å². The normalized spacial score (nSPS) is 18.8. The van der Waals surface area contributed by atoms with Crippen molar-refractivity contribution in [2.45, 2.75) is 45.1 Å². The van der Waals surface area contributed by atoms with E-state index in [2.05, 4.69) is 64.8 Å². The molecule has 1 aliphatic carbocycles. The van der Waals surface area contributed by atoms with Crippen LogP contribution in [0.25, 0.3) is 16.6 Å². The van der Waals surface area contributed by atoms with Crippen LogP contribution in [0.3, 0.4) is 0 Å². The summed E-state index contributed by atoms with van der Waals surface area (Å²) < 4.78 is 0. The van der Waals surface area contributed by atoms with Crippen LogP contribution in [0.5, 0.6) is 0 Å². The number of anilines is 1. The first-order chi connectivity index (χ1) is 17.4. The molecule has 1 atom stereocenters. The number of nitrogens with zero attached hydrogens (tertiary/aromatic N) is 4. The van der Waals surface area contributed by atoms with Crippen LogP contribution in [0.15, 0.2) is 53.8 Å². The zero-order valence-electron chi connectivity index (χ0n) is 20.7. The third-order valence-electron chi connectivity index (χ3n) is 8.03. The van der Waals surface area contributed by atoms with Gasteiger partial charge in [-0.3, -0.25) is 19.9 Å². The molecule has 0 amide bonds. The minimum absolute atomic E-state index is 0.0503. The molecule has 4 heterocycles. The van der Waals surface area contributed by atoms with E-state index < -0.39 is 0 Å². The molecule has 1 spiro atoms. The van der Waals surface area contributed by atoms with E-state index in [9.17, 15) is 4.79 Å². The first-order valence-electron chi connectivity index (χ1n) is 12.6. The second kappa shape index (κ2) is 8.41. The SMILES string of the molecule is C=C(c1cccc(C(C)C)n1)c1n[nH]c2nc(N3CCC4(CC3)Cc3ccccc3[C@H]4N)[nH]c(=O)c12. The Bertz CT molecular complexity index is 1520. The highest BCUT2D eigenvalue weighted by molar-refractivity contribution is 5.91. The first kappa shape index (κ1) is 22.7. The third kappa shape index (κ3) is 3.55. The van der Waals surface area contributed by atoms with Crippen molar-refractivity contribution in [3.8, 4) is 0 Å². The molecule has 2 aliphatic rings. The van der Waals surface area contributed by atoms with Gasteiger partial charge >= 0.3 is 0 Å². The summed E-state index contributed by atoms with van der Waals surface area (Å²) in [6.07, 6.45) is 2.92. The molecule has 4 N–H and O–H groups in total. The van der Waals surface area contributed by atoms with Crippen LogP contribution in [0.1, 0.15) is 66.9 Å². The van der Waals surface area contributed by atoms with Gasteiger partial charge in [-0.05, 0) is 53.9 Å². The van der Waals surface area contributed by atoms with E-state index in [0.29, 0.717) is 33.9 Å². The Morgan fingerprint density at radius 1 is 1.14 bits per heavy atom. The van der Waals surface area contributed by atoms with Gasteiger partial charge in [0.15, 0.2) is 5.65 Å². The van der Waals surface area contributed by atoms with Gasteiger partial charge in [-0.15, -0.1) is 0 Å². The monoisotopic (exact) mass is 481 g/mol. The Hall–Kier alpha value is -3.78. The van der Waals surface area contributed by atoms with Crippen molar-refractivity contribution in [3.63, 3.8) is 0 Å². The van der Waals surface area contributed by atoms with Crippen molar-refractivity contribution in [2.75, 3.05) is 18.0 Å². The minimum atomic E-state index is -0.231. The number of pyridine rings is 1. The molecule has 8 heteroatoms. The molecule has 6 rings (SSSR count). The maximum Gasteiger partial charge on any atom is 0.264 e. The molecule has 184 valence electrons. The lowest BCUT2D eigenvalue weighted by Gasteiger charge is -2.42. The summed E-state index contributed by atoms with van der Waals surface area (Å²) in [7, 11) is 0. The van der Waals surface area contributed by atoms with Gasteiger partial charge in [0.05, 0.1) is 5.69 Å². The molecule has 4 aromatic rings. The van der Waals surface area contributed by atoms with E-state index in [1.165, 1.54) is 11.1 Å². The zero-order valence-corrected chi connectivity index (χ0v) is 20.7. The fourth-order valence-electron chi connectivity index (χ4n) is 5.83. The summed E-state index contributed by atoms with van der Waals surface area (Å²) >= 11 is 0.